The third-order valence-electron chi connectivity index (χ3n) is 4.87. The van der Waals surface area contributed by atoms with Crippen LogP contribution in [-0.2, 0) is 0 Å². The smallest absolute Gasteiger partial charge is 0.161 e. The number of hydrogen-bond acceptors (Lipinski definition) is 4. The average Bonchev–Trinajstić information content (AvgIpc) is 3.23. The van der Waals surface area contributed by atoms with E-state index in [1.165, 1.54) is 5.56 Å². The Morgan fingerprint density at radius 3 is 2.42 bits per heavy atom. The molecule has 0 saturated heterocycles. The second-order valence-electron chi connectivity index (χ2n) is 7.10. The van der Waals surface area contributed by atoms with Crippen LogP contribution >= 0.6 is 0 Å². The van der Waals surface area contributed by atoms with Gasteiger partial charge in [0.05, 0.1) is 25.1 Å². The molecule has 0 bridgehead atoms. The lowest BCUT2D eigenvalue weighted by Gasteiger charge is -2.09. The van der Waals surface area contributed by atoms with E-state index in [9.17, 15) is 0 Å². The van der Waals surface area contributed by atoms with Gasteiger partial charge in [-0.2, -0.15) is 5.10 Å². The van der Waals surface area contributed by atoms with Crippen molar-refractivity contribution in [1.82, 2.24) is 9.78 Å². The van der Waals surface area contributed by atoms with Gasteiger partial charge in [0, 0.05) is 17.8 Å². The molecule has 4 aromatic rings. The zero-order valence-corrected chi connectivity index (χ0v) is 17.9. The quantitative estimate of drug-likeness (QED) is 0.350. The van der Waals surface area contributed by atoms with Gasteiger partial charge in [-0.05, 0) is 49.7 Å². The predicted octanol–water partition coefficient (Wildman–Crippen LogP) is 6.01. The highest BCUT2D eigenvalue weighted by Gasteiger charge is 2.11. The highest BCUT2D eigenvalue weighted by molar-refractivity contribution is 5.83. The molecule has 1 heterocycles. The summed E-state index contributed by atoms with van der Waals surface area (Å²) in [4.78, 5) is 4.75. The molecule has 31 heavy (non-hydrogen) atoms. The fourth-order valence-electron chi connectivity index (χ4n) is 3.27. The van der Waals surface area contributed by atoms with Gasteiger partial charge in [-0.1, -0.05) is 48.0 Å². The second-order valence-corrected chi connectivity index (χ2v) is 7.10. The minimum absolute atomic E-state index is 0.567. The number of nitrogens with zero attached hydrogens (tertiary/aromatic N) is 3. The Balaban J connectivity index is 1.73. The van der Waals surface area contributed by atoms with Crippen LogP contribution in [0.2, 0.25) is 0 Å². The van der Waals surface area contributed by atoms with E-state index < -0.39 is 0 Å². The second kappa shape index (κ2) is 9.30. The zero-order valence-electron chi connectivity index (χ0n) is 17.9. The molecule has 5 nitrogen and oxygen atoms in total. The number of hydrogen-bond donors (Lipinski definition) is 0. The number of aromatic nitrogens is 2. The Labute approximate surface area is 182 Å². The van der Waals surface area contributed by atoms with Crippen LogP contribution in [-0.4, -0.2) is 29.7 Å². The molecule has 0 fully saturated rings. The van der Waals surface area contributed by atoms with Crippen LogP contribution in [0.15, 0.2) is 83.9 Å². The Kier molecular flexibility index (Phi) is 6.13. The molecule has 0 N–H and O–H groups in total. The molecule has 0 aliphatic heterocycles. The first-order chi connectivity index (χ1) is 15.2. The van der Waals surface area contributed by atoms with Gasteiger partial charge in [0.2, 0.25) is 0 Å². The van der Waals surface area contributed by atoms with Crippen molar-refractivity contribution in [3.05, 3.63) is 90.0 Å². The van der Waals surface area contributed by atoms with Gasteiger partial charge < -0.3 is 9.47 Å². The van der Waals surface area contributed by atoms with Crippen LogP contribution in [0.5, 0.6) is 11.5 Å². The average molecular weight is 412 g/mol. The minimum Gasteiger partial charge on any atom is -0.493 e. The summed E-state index contributed by atoms with van der Waals surface area (Å²) in [5, 5.41) is 4.83. The lowest BCUT2D eigenvalue weighted by Crippen LogP contribution is -1.97. The summed E-state index contributed by atoms with van der Waals surface area (Å²) in [6.07, 6.45) is 1.82. The maximum absolute atomic E-state index is 5.68. The van der Waals surface area contributed by atoms with E-state index in [4.69, 9.17) is 19.6 Å². The van der Waals surface area contributed by atoms with Crippen molar-refractivity contribution in [2.45, 2.75) is 13.8 Å². The van der Waals surface area contributed by atoms with E-state index in [2.05, 4.69) is 31.2 Å². The molecular formula is C26H25N3O2. The fraction of sp³-hybridized carbons (Fsp3) is 0.154. The van der Waals surface area contributed by atoms with Crippen LogP contribution < -0.4 is 9.47 Å². The Hall–Kier alpha value is -3.86. The summed E-state index contributed by atoms with van der Waals surface area (Å²) in [7, 11) is 1.64. The molecular weight excluding hydrogens is 386 g/mol. The standard InChI is InChI=1S/C26H25N3O2/c1-4-31-25-16-20(12-15-24(25)30-3)18-27-26-17-23(21-13-10-19(2)11-14-21)28-29(26)22-8-6-5-7-9-22/h5-18H,4H2,1-3H3. The monoisotopic (exact) mass is 411 g/mol. The van der Waals surface area contributed by atoms with Crippen molar-refractivity contribution in [1.29, 1.82) is 0 Å². The first-order valence-electron chi connectivity index (χ1n) is 10.3. The van der Waals surface area contributed by atoms with Crippen molar-refractivity contribution < 1.29 is 9.47 Å². The summed E-state index contributed by atoms with van der Waals surface area (Å²) in [5.74, 6) is 2.15. The van der Waals surface area contributed by atoms with Crippen LogP contribution in [0, 0.1) is 6.92 Å². The number of methoxy groups -OCH3 is 1. The lowest BCUT2D eigenvalue weighted by molar-refractivity contribution is 0.311. The van der Waals surface area contributed by atoms with Gasteiger partial charge in [0.25, 0.3) is 0 Å². The van der Waals surface area contributed by atoms with E-state index in [1.807, 2.05) is 72.4 Å². The molecule has 1 aromatic heterocycles. The van der Waals surface area contributed by atoms with Gasteiger partial charge >= 0.3 is 0 Å². The van der Waals surface area contributed by atoms with Gasteiger partial charge in [0.15, 0.2) is 17.3 Å². The normalized spacial score (nSPS) is 11.1. The molecule has 0 amide bonds. The summed E-state index contributed by atoms with van der Waals surface area (Å²) in [5.41, 5.74) is 5.02. The number of aryl methyl sites for hydroxylation is 1. The van der Waals surface area contributed by atoms with Crippen molar-refractivity contribution in [2.24, 2.45) is 4.99 Å². The van der Waals surface area contributed by atoms with E-state index in [0.717, 1.165) is 28.3 Å². The van der Waals surface area contributed by atoms with Gasteiger partial charge in [-0.15, -0.1) is 0 Å². The van der Waals surface area contributed by atoms with Gasteiger partial charge in [-0.25, -0.2) is 9.67 Å². The Bertz CT molecular complexity index is 1180. The van der Waals surface area contributed by atoms with Crippen molar-refractivity contribution in [2.75, 3.05) is 13.7 Å². The topological polar surface area (TPSA) is 48.6 Å². The molecule has 0 saturated carbocycles. The maximum atomic E-state index is 5.68. The number of aliphatic imine (C=N–C) groups is 1. The van der Waals surface area contributed by atoms with Crippen LogP contribution in [0.3, 0.4) is 0 Å². The SMILES string of the molecule is CCOc1cc(C=Nc2cc(-c3ccc(C)cc3)nn2-c2ccccc2)ccc1OC. The molecule has 4 rings (SSSR count). The minimum atomic E-state index is 0.567. The molecule has 3 aromatic carbocycles. The molecule has 0 radical (unpaired) electrons. The Morgan fingerprint density at radius 1 is 0.935 bits per heavy atom. The zero-order chi connectivity index (χ0) is 21.6. The summed E-state index contributed by atoms with van der Waals surface area (Å²) in [6.45, 7) is 4.59. The highest BCUT2D eigenvalue weighted by atomic mass is 16.5. The molecule has 0 atom stereocenters. The molecule has 156 valence electrons. The largest absolute Gasteiger partial charge is 0.493 e. The van der Waals surface area contributed by atoms with E-state index in [-0.39, 0.29) is 0 Å². The summed E-state index contributed by atoms with van der Waals surface area (Å²) >= 11 is 0. The Morgan fingerprint density at radius 2 is 1.71 bits per heavy atom. The first-order valence-corrected chi connectivity index (χ1v) is 10.3. The molecule has 0 spiro atoms. The lowest BCUT2D eigenvalue weighted by atomic mass is 10.1. The number of ether oxygens (including phenoxy) is 2. The maximum Gasteiger partial charge on any atom is 0.161 e. The van der Waals surface area contributed by atoms with Crippen molar-refractivity contribution in [3.8, 4) is 28.4 Å². The van der Waals surface area contributed by atoms with Gasteiger partial charge in [-0.3, -0.25) is 0 Å². The predicted molar refractivity (Wildman–Crippen MR) is 125 cm³/mol. The van der Waals surface area contributed by atoms with E-state index >= 15 is 0 Å². The number of para-hydroxylation sites is 1. The molecule has 5 heteroatoms. The first kappa shape index (κ1) is 20.4. The van der Waals surface area contributed by atoms with Crippen molar-refractivity contribution in [3.63, 3.8) is 0 Å². The van der Waals surface area contributed by atoms with Crippen LogP contribution in [0.4, 0.5) is 5.82 Å². The van der Waals surface area contributed by atoms with Gasteiger partial charge in [0.1, 0.15) is 0 Å². The van der Waals surface area contributed by atoms with Crippen LogP contribution in [0.1, 0.15) is 18.1 Å². The van der Waals surface area contributed by atoms with Crippen LogP contribution in [0.25, 0.3) is 16.9 Å². The number of benzene rings is 3. The molecule has 0 aliphatic rings. The summed E-state index contributed by atoms with van der Waals surface area (Å²) < 4.78 is 12.9. The third kappa shape index (κ3) is 4.67. The molecule has 0 aliphatic carbocycles. The number of rotatable bonds is 7. The highest BCUT2D eigenvalue weighted by Crippen LogP contribution is 2.29. The van der Waals surface area contributed by atoms with E-state index in [1.54, 1.807) is 7.11 Å². The van der Waals surface area contributed by atoms with E-state index in [0.29, 0.717) is 18.1 Å². The summed E-state index contributed by atoms with van der Waals surface area (Å²) in [6, 6.07) is 26.1. The fourth-order valence-corrected chi connectivity index (χ4v) is 3.27. The third-order valence-corrected chi connectivity index (χ3v) is 4.87. The molecule has 0 unspecified atom stereocenters. The van der Waals surface area contributed by atoms with Crippen molar-refractivity contribution >= 4 is 12.0 Å².